The molecule has 0 saturated carbocycles. The second kappa shape index (κ2) is 7.58. The smallest absolute Gasteiger partial charge is 0.263 e. The molecule has 0 radical (unpaired) electrons. The Kier molecular flexibility index (Phi) is 5.38. The quantitative estimate of drug-likeness (QED) is 0.708. The van der Waals surface area contributed by atoms with Crippen LogP contribution in [0.2, 0.25) is 0 Å². The van der Waals surface area contributed by atoms with E-state index in [0.29, 0.717) is 15.6 Å². The lowest BCUT2D eigenvalue weighted by Crippen LogP contribution is -2.26. The lowest BCUT2D eigenvalue weighted by atomic mass is 10.1. The van der Waals surface area contributed by atoms with E-state index in [1.807, 2.05) is 25.1 Å². The van der Waals surface area contributed by atoms with Gasteiger partial charge in [-0.2, -0.15) is 0 Å². The summed E-state index contributed by atoms with van der Waals surface area (Å²) in [6.07, 6.45) is 2.85. The van der Waals surface area contributed by atoms with Crippen LogP contribution in [0.15, 0.2) is 53.6 Å². The number of pyridine rings is 1. The zero-order valence-electron chi connectivity index (χ0n) is 15.1. The van der Waals surface area contributed by atoms with Gasteiger partial charge in [0.1, 0.15) is 9.88 Å². The second-order valence-electron chi connectivity index (χ2n) is 6.18. The van der Waals surface area contributed by atoms with E-state index < -0.39 is 9.84 Å². The molecule has 1 N–H and O–H groups in total. The molecule has 8 heteroatoms. The summed E-state index contributed by atoms with van der Waals surface area (Å²) in [5.41, 5.74) is 2.20. The van der Waals surface area contributed by atoms with Gasteiger partial charge in [0.25, 0.3) is 5.91 Å². The van der Waals surface area contributed by atoms with E-state index in [-0.39, 0.29) is 16.8 Å². The topological polar surface area (TPSA) is 89.0 Å². The van der Waals surface area contributed by atoms with Gasteiger partial charge in [-0.15, -0.1) is 11.3 Å². The number of amides is 1. The Labute approximate surface area is 162 Å². The molecule has 0 aliphatic carbocycles. The van der Waals surface area contributed by atoms with Gasteiger partial charge in [-0.1, -0.05) is 18.2 Å². The highest BCUT2D eigenvalue weighted by molar-refractivity contribution is 7.90. The number of thiazole rings is 1. The van der Waals surface area contributed by atoms with E-state index in [1.54, 1.807) is 37.4 Å². The number of hydrogen-bond donors (Lipinski definition) is 1. The van der Waals surface area contributed by atoms with Crippen LogP contribution in [-0.2, 0) is 9.84 Å². The number of aromatic nitrogens is 2. The number of nitrogens with one attached hydrogen (secondary N) is 1. The Morgan fingerprint density at radius 1 is 1.15 bits per heavy atom. The number of rotatable bonds is 5. The Bertz CT molecular complexity index is 1060. The molecule has 0 bridgehead atoms. The second-order valence-corrected chi connectivity index (χ2v) is 9.20. The largest absolute Gasteiger partial charge is 0.345 e. The molecule has 0 fully saturated rings. The molecule has 1 aromatic carbocycles. The maximum Gasteiger partial charge on any atom is 0.263 e. The number of carbonyl (C=O) groups excluding carboxylic acids is 1. The average molecular weight is 402 g/mol. The molecule has 3 aromatic rings. The molecule has 140 valence electrons. The van der Waals surface area contributed by atoms with Crippen LogP contribution in [0, 0.1) is 6.92 Å². The molecule has 0 aliphatic rings. The van der Waals surface area contributed by atoms with Gasteiger partial charge in [-0.05, 0) is 43.7 Å². The van der Waals surface area contributed by atoms with E-state index in [0.717, 1.165) is 11.3 Å². The van der Waals surface area contributed by atoms with E-state index in [9.17, 15) is 13.2 Å². The van der Waals surface area contributed by atoms with Crippen molar-refractivity contribution in [1.82, 2.24) is 15.3 Å². The third kappa shape index (κ3) is 4.40. The summed E-state index contributed by atoms with van der Waals surface area (Å²) in [7, 11) is -3.24. The van der Waals surface area contributed by atoms with Gasteiger partial charge in [0.15, 0.2) is 9.84 Å². The minimum atomic E-state index is -3.24. The lowest BCUT2D eigenvalue weighted by Gasteiger charge is -2.14. The molecule has 1 amide bonds. The molecule has 27 heavy (non-hydrogen) atoms. The number of carbonyl (C=O) groups is 1. The van der Waals surface area contributed by atoms with Crippen molar-refractivity contribution in [2.75, 3.05) is 6.26 Å². The maximum absolute atomic E-state index is 12.7. The summed E-state index contributed by atoms with van der Waals surface area (Å²) >= 11 is 1.30. The highest BCUT2D eigenvalue weighted by atomic mass is 32.2. The Morgan fingerprint density at radius 2 is 1.85 bits per heavy atom. The van der Waals surface area contributed by atoms with Gasteiger partial charge in [0.2, 0.25) is 0 Å². The number of hydrogen-bond acceptors (Lipinski definition) is 6. The first-order valence-electron chi connectivity index (χ1n) is 8.25. The van der Waals surface area contributed by atoms with Crippen LogP contribution in [0.25, 0.3) is 10.7 Å². The predicted molar refractivity (Wildman–Crippen MR) is 106 cm³/mol. The number of nitrogens with zero attached hydrogens (tertiary/aromatic N) is 2. The third-order valence-corrected chi connectivity index (χ3v) is 6.35. The Morgan fingerprint density at radius 3 is 2.44 bits per heavy atom. The molecule has 0 saturated heterocycles. The molecule has 0 spiro atoms. The van der Waals surface area contributed by atoms with E-state index in [4.69, 9.17) is 0 Å². The first-order valence-corrected chi connectivity index (χ1v) is 11.0. The zero-order valence-corrected chi connectivity index (χ0v) is 16.8. The lowest BCUT2D eigenvalue weighted by molar-refractivity contribution is 0.0943. The molecule has 0 unspecified atom stereocenters. The number of benzene rings is 1. The molecular weight excluding hydrogens is 382 g/mol. The fourth-order valence-corrected chi connectivity index (χ4v) is 4.13. The Hall–Kier alpha value is -2.58. The highest BCUT2D eigenvalue weighted by Gasteiger charge is 2.19. The summed E-state index contributed by atoms with van der Waals surface area (Å²) in [6, 6.07) is 11.8. The van der Waals surface area contributed by atoms with Crippen LogP contribution in [0.4, 0.5) is 0 Å². The van der Waals surface area contributed by atoms with Crippen LogP contribution in [-0.4, -0.2) is 30.5 Å². The summed E-state index contributed by atoms with van der Waals surface area (Å²) < 4.78 is 23.1. The molecule has 0 aliphatic heterocycles. The summed E-state index contributed by atoms with van der Waals surface area (Å²) in [5.74, 6) is -0.216. The van der Waals surface area contributed by atoms with Crippen molar-refractivity contribution in [2.24, 2.45) is 0 Å². The van der Waals surface area contributed by atoms with E-state index in [2.05, 4.69) is 15.3 Å². The first kappa shape index (κ1) is 19.2. The molecular formula is C19H19N3O3S2. The summed E-state index contributed by atoms with van der Waals surface area (Å²) in [5, 5.41) is 3.64. The SMILES string of the molecule is Cc1nc(-c2ccccn2)sc1C(=O)N[C@H](C)c1ccc(S(C)(=O)=O)cc1. The first-order chi connectivity index (χ1) is 12.8. The van der Waals surface area contributed by atoms with Gasteiger partial charge in [-0.25, -0.2) is 13.4 Å². The Balaban J connectivity index is 1.76. The van der Waals surface area contributed by atoms with E-state index in [1.165, 1.54) is 17.6 Å². The number of aryl methyl sites for hydroxylation is 1. The average Bonchev–Trinajstić information content (AvgIpc) is 3.04. The van der Waals surface area contributed by atoms with Crippen LogP contribution < -0.4 is 5.32 Å². The number of sulfone groups is 1. The van der Waals surface area contributed by atoms with Crippen molar-refractivity contribution >= 4 is 27.1 Å². The van der Waals surface area contributed by atoms with Crippen molar-refractivity contribution in [1.29, 1.82) is 0 Å². The van der Waals surface area contributed by atoms with Crippen LogP contribution in [0.1, 0.15) is 33.9 Å². The van der Waals surface area contributed by atoms with Crippen molar-refractivity contribution in [3.05, 3.63) is 64.8 Å². The van der Waals surface area contributed by atoms with Gasteiger partial charge >= 0.3 is 0 Å². The monoisotopic (exact) mass is 401 g/mol. The molecule has 6 nitrogen and oxygen atoms in total. The molecule has 1 atom stereocenters. The predicted octanol–water partition coefficient (Wildman–Crippen LogP) is 3.41. The van der Waals surface area contributed by atoms with Gasteiger partial charge in [-0.3, -0.25) is 9.78 Å². The molecule has 3 rings (SSSR count). The van der Waals surface area contributed by atoms with Crippen molar-refractivity contribution in [3.8, 4) is 10.7 Å². The third-order valence-electron chi connectivity index (χ3n) is 4.04. The van der Waals surface area contributed by atoms with E-state index >= 15 is 0 Å². The van der Waals surface area contributed by atoms with Gasteiger partial charge < -0.3 is 5.32 Å². The van der Waals surface area contributed by atoms with Crippen LogP contribution in [0.5, 0.6) is 0 Å². The van der Waals surface area contributed by atoms with Crippen molar-refractivity contribution in [2.45, 2.75) is 24.8 Å². The fourth-order valence-electron chi connectivity index (χ4n) is 2.56. The molecule has 2 heterocycles. The molecule has 2 aromatic heterocycles. The van der Waals surface area contributed by atoms with Crippen LogP contribution in [0.3, 0.4) is 0 Å². The minimum absolute atomic E-state index is 0.216. The zero-order chi connectivity index (χ0) is 19.6. The van der Waals surface area contributed by atoms with Crippen LogP contribution >= 0.6 is 11.3 Å². The minimum Gasteiger partial charge on any atom is -0.345 e. The summed E-state index contributed by atoms with van der Waals surface area (Å²) in [4.78, 5) is 22.2. The normalized spacial score (nSPS) is 12.6. The van der Waals surface area contributed by atoms with Crippen molar-refractivity contribution < 1.29 is 13.2 Å². The fraction of sp³-hybridized carbons (Fsp3) is 0.211. The van der Waals surface area contributed by atoms with Gasteiger partial charge in [0, 0.05) is 12.5 Å². The summed E-state index contributed by atoms with van der Waals surface area (Å²) in [6.45, 7) is 3.65. The highest BCUT2D eigenvalue weighted by Crippen LogP contribution is 2.27. The standard InChI is InChI=1S/C19H19N3O3S2/c1-12(14-7-9-15(10-8-14)27(3,24)25)21-18(23)17-13(2)22-19(26-17)16-6-4-5-11-20-16/h4-12H,1-3H3,(H,21,23)/t12-/m1/s1. The van der Waals surface area contributed by atoms with Crippen molar-refractivity contribution in [3.63, 3.8) is 0 Å². The van der Waals surface area contributed by atoms with Gasteiger partial charge in [0.05, 0.1) is 22.3 Å². The maximum atomic E-state index is 12.7.